The molecule has 17 heavy (non-hydrogen) atoms. The van der Waals surface area contributed by atoms with Gasteiger partial charge in [-0.3, -0.25) is 0 Å². The van der Waals surface area contributed by atoms with Crippen molar-refractivity contribution in [1.82, 2.24) is 10.3 Å². The molecule has 1 aromatic heterocycles. The number of thiazole rings is 1. The summed E-state index contributed by atoms with van der Waals surface area (Å²) in [6.45, 7) is 0. The maximum Gasteiger partial charge on any atom is 0.129 e. The standard InChI is InChI=1S/C12H12ClFN2S/c1-15-11(7-12-16-4-5-17-12)9-3-2-8(13)6-10(9)14/h2-6,11,15H,7H2,1H3. The van der Waals surface area contributed by atoms with Crippen LogP contribution in [0.1, 0.15) is 16.6 Å². The molecule has 90 valence electrons. The zero-order chi connectivity index (χ0) is 12.3. The average Bonchev–Trinajstić information content (AvgIpc) is 2.79. The molecule has 0 fully saturated rings. The minimum atomic E-state index is -0.284. The first-order valence-corrected chi connectivity index (χ1v) is 6.47. The molecule has 2 nitrogen and oxygen atoms in total. The molecular formula is C12H12ClFN2S. The smallest absolute Gasteiger partial charge is 0.129 e. The van der Waals surface area contributed by atoms with Crippen molar-refractivity contribution >= 4 is 22.9 Å². The van der Waals surface area contributed by atoms with Gasteiger partial charge in [0.05, 0.1) is 5.01 Å². The fourth-order valence-electron chi connectivity index (χ4n) is 1.68. The van der Waals surface area contributed by atoms with Crippen LogP contribution >= 0.6 is 22.9 Å². The van der Waals surface area contributed by atoms with Crippen molar-refractivity contribution in [2.24, 2.45) is 0 Å². The van der Waals surface area contributed by atoms with E-state index >= 15 is 0 Å². The summed E-state index contributed by atoms with van der Waals surface area (Å²) in [4.78, 5) is 4.21. The minimum absolute atomic E-state index is 0.0848. The van der Waals surface area contributed by atoms with Gasteiger partial charge in [0, 0.05) is 34.6 Å². The number of likely N-dealkylation sites (N-methyl/N-ethyl adjacent to an activating group) is 1. The lowest BCUT2D eigenvalue weighted by molar-refractivity contribution is 0.533. The highest BCUT2D eigenvalue weighted by Crippen LogP contribution is 2.24. The number of nitrogens with one attached hydrogen (secondary N) is 1. The molecule has 0 amide bonds. The Balaban J connectivity index is 2.23. The summed E-state index contributed by atoms with van der Waals surface area (Å²) in [6.07, 6.45) is 2.43. The van der Waals surface area contributed by atoms with Gasteiger partial charge < -0.3 is 5.32 Å². The van der Waals surface area contributed by atoms with E-state index in [-0.39, 0.29) is 11.9 Å². The Kier molecular flexibility index (Phi) is 4.10. The molecule has 0 aliphatic rings. The van der Waals surface area contributed by atoms with Crippen molar-refractivity contribution in [1.29, 1.82) is 0 Å². The lowest BCUT2D eigenvalue weighted by atomic mass is 10.0. The third-order valence-electron chi connectivity index (χ3n) is 2.55. The van der Waals surface area contributed by atoms with E-state index in [1.165, 1.54) is 6.07 Å². The zero-order valence-electron chi connectivity index (χ0n) is 9.28. The van der Waals surface area contributed by atoms with E-state index in [0.717, 1.165) is 5.01 Å². The summed E-state index contributed by atoms with van der Waals surface area (Å²) < 4.78 is 13.8. The number of halogens is 2. The Morgan fingerprint density at radius 2 is 2.35 bits per heavy atom. The quantitative estimate of drug-likeness (QED) is 0.921. The van der Waals surface area contributed by atoms with Crippen LogP contribution in [0.3, 0.4) is 0 Å². The zero-order valence-corrected chi connectivity index (χ0v) is 10.9. The fourth-order valence-corrected chi connectivity index (χ4v) is 2.50. The predicted octanol–water partition coefficient (Wildman–Crippen LogP) is 3.44. The summed E-state index contributed by atoms with van der Waals surface area (Å²) in [6, 6.07) is 4.67. The molecule has 5 heteroatoms. The van der Waals surface area contributed by atoms with Crippen molar-refractivity contribution in [3.63, 3.8) is 0 Å². The number of nitrogens with zero attached hydrogens (tertiary/aromatic N) is 1. The Morgan fingerprint density at radius 1 is 1.53 bits per heavy atom. The lowest BCUT2D eigenvalue weighted by Crippen LogP contribution is -2.20. The lowest BCUT2D eigenvalue weighted by Gasteiger charge is -2.16. The Bertz CT molecular complexity index is 487. The molecule has 1 unspecified atom stereocenters. The molecule has 1 heterocycles. The molecular weight excluding hydrogens is 259 g/mol. The summed E-state index contributed by atoms with van der Waals surface area (Å²) in [5, 5.41) is 6.41. The molecule has 0 saturated heterocycles. The van der Waals surface area contributed by atoms with Gasteiger partial charge in [0.2, 0.25) is 0 Å². The van der Waals surface area contributed by atoms with E-state index in [0.29, 0.717) is 17.0 Å². The van der Waals surface area contributed by atoms with Crippen LogP contribution in [0, 0.1) is 5.82 Å². The second kappa shape index (κ2) is 5.58. The van der Waals surface area contributed by atoms with Crippen LogP contribution in [0.25, 0.3) is 0 Å². The van der Waals surface area contributed by atoms with E-state index < -0.39 is 0 Å². The Labute approximate surface area is 108 Å². The normalized spacial score (nSPS) is 12.6. The highest BCUT2D eigenvalue weighted by molar-refractivity contribution is 7.09. The van der Waals surface area contributed by atoms with Crippen LogP contribution in [0.2, 0.25) is 5.02 Å². The molecule has 0 saturated carbocycles. The second-order valence-electron chi connectivity index (χ2n) is 3.64. The molecule has 0 radical (unpaired) electrons. The molecule has 2 rings (SSSR count). The fraction of sp³-hybridized carbons (Fsp3) is 0.250. The highest BCUT2D eigenvalue weighted by atomic mass is 35.5. The third-order valence-corrected chi connectivity index (χ3v) is 3.59. The number of hydrogen-bond acceptors (Lipinski definition) is 3. The van der Waals surface area contributed by atoms with Crippen LogP contribution in [0.5, 0.6) is 0 Å². The van der Waals surface area contributed by atoms with Gasteiger partial charge in [-0.05, 0) is 19.2 Å². The van der Waals surface area contributed by atoms with Crippen LogP contribution in [0.4, 0.5) is 4.39 Å². The van der Waals surface area contributed by atoms with E-state index in [4.69, 9.17) is 11.6 Å². The van der Waals surface area contributed by atoms with Crippen LogP contribution in [0.15, 0.2) is 29.8 Å². The van der Waals surface area contributed by atoms with E-state index in [9.17, 15) is 4.39 Å². The predicted molar refractivity (Wildman–Crippen MR) is 69.0 cm³/mol. The van der Waals surface area contributed by atoms with E-state index in [1.54, 1.807) is 29.7 Å². The van der Waals surface area contributed by atoms with Crippen LogP contribution < -0.4 is 5.32 Å². The maximum atomic E-state index is 13.8. The van der Waals surface area contributed by atoms with Crippen molar-refractivity contribution in [3.8, 4) is 0 Å². The molecule has 0 aliphatic carbocycles. The van der Waals surface area contributed by atoms with Gasteiger partial charge in [-0.2, -0.15) is 0 Å². The first-order valence-electron chi connectivity index (χ1n) is 5.21. The van der Waals surface area contributed by atoms with Crippen LogP contribution in [-0.2, 0) is 6.42 Å². The van der Waals surface area contributed by atoms with Crippen molar-refractivity contribution < 1.29 is 4.39 Å². The van der Waals surface area contributed by atoms with Gasteiger partial charge in [-0.1, -0.05) is 17.7 Å². The summed E-state index contributed by atoms with van der Waals surface area (Å²) in [5.41, 5.74) is 0.618. The first-order chi connectivity index (χ1) is 8.20. The van der Waals surface area contributed by atoms with Gasteiger partial charge in [0.1, 0.15) is 5.82 Å². The maximum absolute atomic E-state index is 13.8. The molecule has 0 bridgehead atoms. The Morgan fingerprint density at radius 3 is 2.94 bits per heavy atom. The molecule has 1 atom stereocenters. The number of benzene rings is 1. The number of aromatic nitrogens is 1. The van der Waals surface area contributed by atoms with E-state index in [2.05, 4.69) is 10.3 Å². The summed E-state index contributed by atoms with van der Waals surface area (Å²) >= 11 is 7.31. The van der Waals surface area contributed by atoms with Crippen molar-refractivity contribution in [3.05, 3.63) is 51.2 Å². The number of hydrogen-bond donors (Lipinski definition) is 1. The highest BCUT2D eigenvalue weighted by Gasteiger charge is 2.15. The molecule has 2 aromatic rings. The summed E-state index contributed by atoms with van der Waals surface area (Å²) in [7, 11) is 1.81. The molecule has 1 N–H and O–H groups in total. The first kappa shape index (κ1) is 12.5. The average molecular weight is 271 g/mol. The van der Waals surface area contributed by atoms with Crippen molar-refractivity contribution in [2.45, 2.75) is 12.5 Å². The summed E-state index contributed by atoms with van der Waals surface area (Å²) in [5.74, 6) is -0.284. The van der Waals surface area contributed by atoms with E-state index in [1.807, 2.05) is 12.4 Å². The third kappa shape index (κ3) is 3.03. The minimum Gasteiger partial charge on any atom is -0.313 e. The Hall–Kier alpha value is -0.970. The second-order valence-corrected chi connectivity index (χ2v) is 5.05. The van der Waals surface area contributed by atoms with Gasteiger partial charge in [-0.15, -0.1) is 11.3 Å². The van der Waals surface area contributed by atoms with Crippen molar-refractivity contribution in [2.75, 3.05) is 7.05 Å². The number of rotatable bonds is 4. The largest absolute Gasteiger partial charge is 0.313 e. The monoisotopic (exact) mass is 270 g/mol. The van der Waals surface area contributed by atoms with Gasteiger partial charge in [-0.25, -0.2) is 9.37 Å². The molecule has 0 aliphatic heterocycles. The van der Waals surface area contributed by atoms with Gasteiger partial charge in [0.25, 0.3) is 0 Å². The van der Waals surface area contributed by atoms with Gasteiger partial charge >= 0.3 is 0 Å². The van der Waals surface area contributed by atoms with Gasteiger partial charge in [0.15, 0.2) is 0 Å². The SMILES string of the molecule is CNC(Cc1nccs1)c1ccc(Cl)cc1F. The van der Waals surface area contributed by atoms with Crippen LogP contribution in [-0.4, -0.2) is 12.0 Å². The molecule has 0 spiro atoms. The molecule has 1 aromatic carbocycles. The topological polar surface area (TPSA) is 24.9 Å².